The number of carbonyl (C=O) groups excluding carboxylic acids is 4. The van der Waals surface area contributed by atoms with E-state index in [-0.39, 0.29) is 60.7 Å². The Labute approximate surface area is 303 Å². The van der Waals surface area contributed by atoms with Crippen molar-refractivity contribution < 1.29 is 43.7 Å². The number of phenolic OH excluding ortho intramolecular Hbond substituents is 1. The first-order chi connectivity index (χ1) is 24.0. The number of nitrogens with zero attached hydrogens (tertiary/aromatic N) is 3. The van der Waals surface area contributed by atoms with E-state index in [1.165, 1.54) is 26.4 Å². The van der Waals surface area contributed by atoms with Crippen molar-refractivity contribution in [2.45, 2.75) is 103 Å². The molecule has 288 valence electrons. The third-order valence-corrected chi connectivity index (χ3v) is 10.2. The third kappa shape index (κ3) is 11.9. The molecule has 4 amide bonds. The minimum Gasteiger partial charge on any atom is -0.508 e. The molecule has 1 heterocycles. The van der Waals surface area contributed by atoms with Gasteiger partial charge in [0.05, 0.1) is 49.2 Å². The molecular weight excluding hydrogens is 658 g/mol. The molecule has 1 fully saturated rings. The summed E-state index contributed by atoms with van der Waals surface area (Å²) in [5.74, 6) is -3.18. The highest BCUT2D eigenvalue weighted by Crippen LogP contribution is 2.29. The van der Waals surface area contributed by atoms with Gasteiger partial charge in [0.25, 0.3) is 0 Å². The van der Waals surface area contributed by atoms with Crippen LogP contribution >= 0.6 is 0 Å². The van der Waals surface area contributed by atoms with Crippen molar-refractivity contribution in [3.63, 3.8) is 0 Å². The predicted octanol–water partition coefficient (Wildman–Crippen LogP) is 2.13. The number of likely N-dealkylation sites (tertiary alicyclic amines) is 1. The van der Waals surface area contributed by atoms with Crippen LogP contribution in [0.1, 0.15) is 65.9 Å². The highest BCUT2D eigenvalue weighted by atomic mass is 16.5. The lowest BCUT2D eigenvalue weighted by Gasteiger charge is -2.39. The number of carboxylic acids is 1. The number of carboxylic acid groups (broad SMARTS) is 1. The zero-order valence-corrected chi connectivity index (χ0v) is 32.0. The van der Waals surface area contributed by atoms with Crippen LogP contribution in [0.25, 0.3) is 0 Å². The molecule has 0 spiro atoms. The van der Waals surface area contributed by atoms with Gasteiger partial charge in [-0.2, -0.15) is 0 Å². The molecule has 14 heteroatoms. The van der Waals surface area contributed by atoms with Crippen molar-refractivity contribution in [1.29, 1.82) is 0 Å². The Hall–Kier alpha value is -3.75. The summed E-state index contributed by atoms with van der Waals surface area (Å²) in [7, 11) is 8.30. The smallest absolute Gasteiger partial charge is 0.326 e. The van der Waals surface area contributed by atoms with Crippen LogP contribution in [0.15, 0.2) is 24.3 Å². The summed E-state index contributed by atoms with van der Waals surface area (Å²) >= 11 is 0. The highest BCUT2D eigenvalue weighted by molar-refractivity contribution is 5.88. The van der Waals surface area contributed by atoms with Crippen LogP contribution in [0.4, 0.5) is 0 Å². The standard InChI is InChI=1S/C37H61N5O9/c1-11-23(4)33(41(8)31(45)21-38-36(47)32(22(2)3)40(6)7)29(50-9)20-30(44)42-18-12-13-28(42)34(51-10)24(5)35(46)39-27(37(48)49)19-25-14-16-26(43)17-15-25/h14-17,22-24,27-29,32-34,43H,11-13,18-21H2,1-10H3,(H,38,47)(H,39,46)(H,48,49). The Balaban J connectivity index is 2.18. The number of hydrogen-bond donors (Lipinski definition) is 4. The van der Waals surface area contributed by atoms with Crippen molar-refractivity contribution in [3.05, 3.63) is 29.8 Å². The van der Waals surface area contributed by atoms with E-state index in [0.717, 1.165) is 0 Å². The van der Waals surface area contributed by atoms with E-state index in [0.29, 0.717) is 31.4 Å². The second-order valence-corrected chi connectivity index (χ2v) is 14.3. The van der Waals surface area contributed by atoms with E-state index in [4.69, 9.17) is 9.47 Å². The van der Waals surface area contributed by atoms with Crippen LogP contribution in [0.5, 0.6) is 5.75 Å². The first kappa shape index (κ1) is 43.4. The van der Waals surface area contributed by atoms with Gasteiger partial charge in [-0.15, -0.1) is 0 Å². The monoisotopic (exact) mass is 719 g/mol. The van der Waals surface area contributed by atoms with Crippen molar-refractivity contribution in [1.82, 2.24) is 25.3 Å². The molecule has 2 rings (SSSR count). The lowest BCUT2D eigenvalue weighted by Crippen LogP contribution is -2.55. The Morgan fingerprint density at radius 1 is 0.980 bits per heavy atom. The van der Waals surface area contributed by atoms with Gasteiger partial charge in [-0.1, -0.05) is 53.2 Å². The second-order valence-electron chi connectivity index (χ2n) is 14.3. The molecule has 14 nitrogen and oxygen atoms in total. The van der Waals surface area contributed by atoms with Gasteiger partial charge in [0.15, 0.2) is 0 Å². The maximum absolute atomic E-state index is 14.0. The molecule has 0 saturated carbocycles. The fourth-order valence-corrected chi connectivity index (χ4v) is 7.22. The molecule has 0 bridgehead atoms. The van der Waals surface area contributed by atoms with Gasteiger partial charge in [0, 0.05) is 34.2 Å². The molecule has 8 unspecified atom stereocenters. The van der Waals surface area contributed by atoms with Crippen LogP contribution in [0.3, 0.4) is 0 Å². The van der Waals surface area contributed by atoms with Crippen LogP contribution < -0.4 is 10.6 Å². The fraction of sp³-hybridized carbons (Fsp3) is 0.703. The number of benzene rings is 1. The Kier molecular flexibility index (Phi) is 17.3. The number of methoxy groups -OCH3 is 2. The van der Waals surface area contributed by atoms with Crippen LogP contribution in [-0.2, 0) is 39.9 Å². The summed E-state index contributed by atoms with van der Waals surface area (Å²) in [6.45, 7) is 9.81. The normalized spacial score (nSPS) is 18.7. The van der Waals surface area contributed by atoms with E-state index in [2.05, 4.69) is 10.6 Å². The maximum Gasteiger partial charge on any atom is 0.326 e. The largest absolute Gasteiger partial charge is 0.508 e. The number of hydrogen-bond acceptors (Lipinski definition) is 9. The minimum atomic E-state index is -1.21. The number of likely N-dealkylation sites (N-methyl/N-ethyl adjacent to an activating group) is 2. The summed E-state index contributed by atoms with van der Waals surface area (Å²) < 4.78 is 11.7. The number of aromatic hydroxyl groups is 1. The van der Waals surface area contributed by atoms with Crippen molar-refractivity contribution >= 4 is 29.6 Å². The average molecular weight is 720 g/mol. The Morgan fingerprint density at radius 3 is 2.12 bits per heavy atom. The van der Waals surface area contributed by atoms with E-state index in [1.807, 2.05) is 46.7 Å². The number of phenols is 1. The van der Waals surface area contributed by atoms with E-state index < -0.39 is 48.1 Å². The Bertz CT molecular complexity index is 1300. The molecule has 1 aliphatic heterocycles. The van der Waals surface area contributed by atoms with Gasteiger partial charge in [0.1, 0.15) is 11.8 Å². The summed E-state index contributed by atoms with van der Waals surface area (Å²) in [5.41, 5.74) is 0.633. The summed E-state index contributed by atoms with van der Waals surface area (Å²) in [5, 5.41) is 24.8. The summed E-state index contributed by atoms with van der Waals surface area (Å²) in [4.78, 5) is 70.9. The number of nitrogens with one attached hydrogen (secondary N) is 2. The topological polar surface area (TPSA) is 178 Å². The molecule has 1 aliphatic rings. The van der Waals surface area contributed by atoms with Crippen molar-refractivity contribution in [3.8, 4) is 5.75 Å². The molecular formula is C37H61N5O9. The number of ether oxygens (including phenoxy) is 2. The molecule has 0 radical (unpaired) electrons. The number of amides is 4. The molecule has 51 heavy (non-hydrogen) atoms. The van der Waals surface area contributed by atoms with Gasteiger partial charge in [-0.05, 0) is 56.5 Å². The quantitative estimate of drug-likeness (QED) is 0.156. The highest BCUT2D eigenvalue weighted by Gasteiger charge is 2.42. The van der Waals surface area contributed by atoms with Gasteiger partial charge < -0.3 is 40.1 Å². The molecule has 8 atom stereocenters. The van der Waals surface area contributed by atoms with E-state index in [9.17, 15) is 34.2 Å². The van der Waals surface area contributed by atoms with Crippen molar-refractivity contribution in [2.24, 2.45) is 17.8 Å². The third-order valence-electron chi connectivity index (χ3n) is 10.2. The average Bonchev–Trinajstić information content (AvgIpc) is 3.56. The lowest BCUT2D eigenvalue weighted by molar-refractivity contribution is -0.147. The first-order valence-corrected chi connectivity index (χ1v) is 17.8. The lowest BCUT2D eigenvalue weighted by atomic mass is 9.90. The fourth-order valence-electron chi connectivity index (χ4n) is 7.22. The second kappa shape index (κ2) is 20.3. The maximum atomic E-state index is 14.0. The summed E-state index contributed by atoms with van der Waals surface area (Å²) in [6.07, 6.45) is 0.635. The molecule has 0 aliphatic carbocycles. The van der Waals surface area contributed by atoms with Crippen molar-refractivity contribution in [2.75, 3.05) is 48.5 Å². The molecule has 1 aromatic carbocycles. The molecule has 0 aromatic heterocycles. The Morgan fingerprint density at radius 2 is 1.61 bits per heavy atom. The summed E-state index contributed by atoms with van der Waals surface area (Å²) in [6, 6.07) is 3.60. The van der Waals surface area contributed by atoms with Gasteiger partial charge in [-0.3, -0.25) is 24.1 Å². The molecule has 1 saturated heterocycles. The number of carbonyl (C=O) groups is 5. The number of aliphatic carboxylic acids is 1. The minimum absolute atomic E-state index is 0.0211. The van der Waals surface area contributed by atoms with E-state index in [1.54, 1.807) is 35.9 Å². The van der Waals surface area contributed by atoms with Gasteiger partial charge >= 0.3 is 5.97 Å². The van der Waals surface area contributed by atoms with E-state index >= 15 is 0 Å². The van der Waals surface area contributed by atoms with Gasteiger partial charge in [-0.25, -0.2) is 4.79 Å². The number of rotatable bonds is 20. The predicted molar refractivity (Wildman–Crippen MR) is 193 cm³/mol. The SMILES string of the molecule is CCC(C)C(C(CC(=O)N1CCCC1C(OC)C(C)C(=O)NC(Cc1ccc(O)cc1)C(=O)O)OC)N(C)C(=O)CNC(=O)C(C(C)C)N(C)C. The first-order valence-electron chi connectivity index (χ1n) is 17.8. The zero-order valence-electron chi connectivity index (χ0n) is 32.0. The van der Waals surface area contributed by atoms with Crippen LogP contribution in [0.2, 0.25) is 0 Å². The van der Waals surface area contributed by atoms with Gasteiger partial charge in [0.2, 0.25) is 23.6 Å². The zero-order chi connectivity index (χ0) is 38.6. The van der Waals surface area contributed by atoms with Crippen LogP contribution in [0, 0.1) is 17.8 Å². The molecule has 4 N–H and O–H groups in total. The van der Waals surface area contributed by atoms with Crippen LogP contribution in [-0.4, -0.2) is 139 Å². The molecule has 1 aromatic rings.